The van der Waals surface area contributed by atoms with E-state index < -0.39 is 0 Å². The first-order valence-electron chi connectivity index (χ1n) is 9.35. The quantitative estimate of drug-likeness (QED) is 0.555. The lowest BCUT2D eigenvalue weighted by Crippen LogP contribution is -2.44. The second-order valence-electron chi connectivity index (χ2n) is 6.72. The molecule has 0 amide bonds. The zero-order valence-electron chi connectivity index (χ0n) is 15.8. The Balaban J connectivity index is 1.47. The van der Waals surface area contributed by atoms with Crippen molar-refractivity contribution in [3.05, 3.63) is 66.1 Å². The Morgan fingerprint density at radius 3 is 2.57 bits per heavy atom. The third kappa shape index (κ3) is 4.04. The van der Waals surface area contributed by atoms with Crippen LogP contribution in [0.3, 0.4) is 0 Å². The Hall–Kier alpha value is -3.19. The molecule has 28 heavy (non-hydrogen) atoms. The first kappa shape index (κ1) is 18.2. The number of benzene rings is 1. The van der Waals surface area contributed by atoms with Crippen LogP contribution in [0, 0.1) is 0 Å². The Kier molecular flexibility index (Phi) is 5.34. The lowest BCUT2D eigenvalue weighted by Gasteiger charge is -2.27. The van der Waals surface area contributed by atoms with Crippen LogP contribution in [0.4, 0.5) is 5.88 Å². The van der Waals surface area contributed by atoms with Crippen molar-refractivity contribution >= 4 is 11.8 Å². The molecule has 1 aliphatic rings. The largest absolute Gasteiger partial charge is 0.378 e. The number of nitrogens with zero attached hydrogens (tertiary/aromatic N) is 4. The summed E-state index contributed by atoms with van der Waals surface area (Å²) in [5.74, 6) is 0.804. The van der Waals surface area contributed by atoms with Gasteiger partial charge in [0, 0.05) is 42.5 Å². The molecule has 1 saturated heterocycles. The summed E-state index contributed by atoms with van der Waals surface area (Å²) >= 11 is 0. The van der Waals surface area contributed by atoms with Gasteiger partial charge in [-0.05, 0) is 11.6 Å². The summed E-state index contributed by atoms with van der Waals surface area (Å²) in [5, 5.41) is 4.15. The Morgan fingerprint density at radius 2 is 1.86 bits per heavy atom. The minimum Gasteiger partial charge on any atom is -0.378 e. The molecule has 1 aliphatic heterocycles. The van der Waals surface area contributed by atoms with Crippen molar-refractivity contribution in [1.82, 2.24) is 15.0 Å². The number of aliphatic imine (C=N–C) groups is 1. The van der Waals surface area contributed by atoms with Gasteiger partial charge in [-0.15, -0.1) is 0 Å². The normalized spacial score (nSPS) is 16.2. The van der Waals surface area contributed by atoms with E-state index in [4.69, 9.17) is 15.0 Å². The number of pyridine rings is 1. The van der Waals surface area contributed by atoms with Crippen molar-refractivity contribution in [3.63, 3.8) is 0 Å². The number of aromatic nitrogens is 2. The standard InChI is InChI=1S/C21H23N5O2/c1-15(18-8-7-17(14-23-18)16-5-3-2-4-6-16)19-13-20(28-25-19)24-21(22)26-9-11-27-12-10-26/h2-8,13-15H,9-12H2,1H3,(H2,22,24). The summed E-state index contributed by atoms with van der Waals surface area (Å²) in [5.41, 5.74) is 9.99. The molecule has 0 aliphatic carbocycles. The highest BCUT2D eigenvalue weighted by Gasteiger charge is 2.17. The fourth-order valence-electron chi connectivity index (χ4n) is 3.13. The second-order valence-corrected chi connectivity index (χ2v) is 6.72. The summed E-state index contributed by atoms with van der Waals surface area (Å²) in [4.78, 5) is 10.9. The monoisotopic (exact) mass is 377 g/mol. The number of ether oxygens (including phenoxy) is 1. The van der Waals surface area contributed by atoms with Crippen LogP contribution in [0.5, 0.6) is 0 Å². The van der Waals surface area contributed by atoms with Crippen LogP contribution >= 0.6 is 0 Å². The van der Waals surface area contributed by atoms with Gasteiger partial charge >= 0.3 is 0 Å². The van der Waals surface area contributed by atoms with E-state index in [1.54, 1.807) is 0 Å². The highest BCUT2D eigenvalue weighted by atomic mass is 16.5. The number of nitrogens with two attached hydrogens (primary N) is 1. The highest BCUT2D eigenvalue weighted by molar-refractivity contribution is 5.80. The van der Waals surface area contributed by atoms with Crippen LogP contribution in [0.2, 0.25) is 0 Å². The Bertz CT molecular complexity index is 931. The van der Waals surface area contributed by atoms with Gasteiger partial charge in [-0.1, -0.05) is 48.5 Å². The minimum atomic E-state index is -0.0119. The molecule has 7 heteroatoms. The number of guanidine groups is 1. The van der Waals surface area contributed by atoms with Gasteiger partial charge in [0.15, 0.2) is 5.96 Å². The summed E-state index contributed by atoms with van der Waals surface area (Å²) in [6.45, 7) is 4.80. The third-order valence-electron chi connectivity index (χ3n) is 4.86. The summed E-state index contributed by atoms with van der Waals surface area (Å²) < 4.78 is 10.7. The van der Waals surface area contributed by atoms with E-state index in [1.807, 2.05) is 48.4 Å². The van der Waals surface area contributed by atoms with Crippen molar-refractivity contribution in [2.45, 2.75) is 12.8 Å². The fourth-order valence-corrected chi connectivity index (χ4v) is 3.13. The van der Waals surface area contributed by atoms with Crippen molar-refractivity contribution in [2.24, 2.45) is 10.7 Å². The van der Waals surface area contributed by atoms with E-state index in [0.29, 0.717) is 25.1 Å². The lowest BCUT2D eigenvalue weighted by molar-refractivity contribution is 0.0675. The molecular weight excluding hydrogens is 354 g/mol. The van der Waals surface area contributed by atoms with Gasteiger partial charge < -0.3 is 19.9 Å². The topological polar surface area (TPSA) is 89.8 Å². The van der Waals surface area contributed by atoms with E-state index in [-0.39, 0.29) is 5.92 Å². The van der Waals surface area contributed by atoms with Gasteiger partial charge in [-0.2, -0.15) is 4.99 Å². The molecule has 144 valence electrons. The van der Waals surface area contributed by atoms with E-state index in [1.165, 1.54) is 0 Å². The first-order valence-corrected chi connectivity index (χ1v) is 9.35. The van der Waals surface area contributed by atoms with Crippen LogP contribution in [0.25, 0.3) is 11.1 Å². The maximum atomic E-state index is 6.07. The summed E-state index contributed by atoms with van der Waals surface area (Å²) in [6.07, 6.45) is 1.89. The van der Waals surface area contributed by atoms with E-state index in [2.05, 4.69) is 33.3 Å². The van der Waals surface area contributed by atoms with Gasteiger partial charge in [0.25, 0.3) is 5.88 Å². The van der Waals surface area contributed by atoms with E-state index in [0.717, 1.165) is 35.6 Å². The summed E-state index contributed by atoms with van der Waals surface area (Å²) in [7, 11) is 0. The SMILES string of the molecule is CC(c1ccc(-c2ccccc2)cn1)c1cc(N=C(N)N2CCOCC2)on1. The molecular formula is C21H23N5O2. The Labute approximate surface area is 163 Å². The van der Waals surface area contributed by atoms with Crippen LogP contribution in [-0.2, 0) is 4.74 Å². The molecule has 4 rings (SSSR count). The third-order valence-corrected chi connectivity index (χ3v) is 4.86. The molecule has 0 bridgehead atoms. The smallest absolute Gasteiger partial charge is 0.253 e. The number of hydrogen-bond donors (Lipinski definition) is 1. The zero-order valence-corrected chi connectivity index (χ0v) is 15.8. The molecule has 0 radical (unpaired) electrons. The number of hydrogen-bond acceptors (Lipinski definition) is 5. The maximum absolute atomic E-state index is 6.07. The molecule has 1 atom stereocenters. The molecule has 2 N–H and O–H groups in total. The molecule has 7 nitrogen and oxygen atoms in total. The predicted octanol–water partition coefficient (Wildman–Crippen LogP) is 3.17. The molecule has 2 aromatic heterocycles. The van der Waals surface area contributed by atoms with Crippen molar-refractivity contribution in [1.29, 1.82) is 0 Å². The van der Waals surface area contributed by atoms with Gasteiger partial charge in [0.1, 0.15) is 0 Å². The molecule has 1 fully saturated rings. The van der Waals surface area contributed by atoms with Gasteiger partial charge in [-0.25, -0.2) is 0 Å². The predicted molar refractivity (Wildman–Crippen MR) is 107 cm³/mol. The number of rotatable bonds is 4. The van der Waals surface area contributed by atoms with Crippen LogP contribution < -0.4 is 5.73 Å². The fraction of sp³-hybridized carbons (Fsp3) is 0.286. The molecule has 0 saturated carbocycles. The Morgan fingerprint density at radius 1 is 1.07 bits per heavy atom. The highest BCUT2D eigenvalue weighted by Crippen LogP contribution is 2.27. The van der Waals surface area contributed by atoms with E-state index >= 15 is 0 Å². The van der Waals surface area contributed by atoms with Crippen molar-refractivity contribution in [2.75, 3.05) is 26.3 Å². The maximum Gasteiger partial charge on any atom is 0.253 e. The molecule has 0 spiro atoms. The lowest BCUT2D eigenvalue weighted by atomic mass is 10.0. The van der Waals surface area contributed by atoms with Crippen LogP contribution in [-0.4, -0.2) is 47.3 Å². The minimum absolute atomic E-state index is 0.0119. The van der Waals surface area contributed by atoms with Crippen molar-refractivity contribution in [3.8, 4) is 11.1 Å². The van der Waals surface area contributed by atoms with Crippen LogP contribution in [0.15, 0.2) is 64.2 Å². The average molecular weight is 377 g/mol. The first-order chi connectivity index (χ1) is 13.7. The molecule has 3 heterocycles. The zero-order chi connectivity index (χ0) is 19.3. The van der Waals surface area contributed by atoms with Crippen LogP contribution in [0.1, 0.15) is 24.2 Å². The molecule has 3 aromatic rings. The van der Waals surface area contributed by atoms with Crippen molar-refractivity contribution < 1.29 is 9.26 Å². The van der Waals surface area contributed by atoms with Gasteiger partial charge in [0.2, 0.25) is 0 Å². The van der Waals surface area contributed by atoms with Gasteiger partial charge in [-0.3, -0.25) is 4.98 Å². The second kappa shape index (κ2) is 8.22. The molecule has 1 unspecified atom stereocenters. The summed E-state index contributed by atoms with van der Waals surface area (Å²) in [6, 6.07) is 16.1. The average Bonchev–Trinajstić information content (AvgIpc) is 3.23. The number of morpholine rings is 1. The van der Waals surface area contributed by atoms with E-state index in [9.17, 15) is 0 Å². The van der Waals surface area contributed by atoms with Gasteiger partial charge in [0.05, 0.1) is 18.9 Å². The molecule has 1 aromatic carbocycles.